The van der Waals surface area contributed by atoms with Crippen LogP contribution in [0.25, 0.3) is 0 Å². The van der Waals surface area contributed by atoms with E-state index in [0.29, 0.717) is 6.54 Å². The lowest BCUT2D eigenvalue weighted by molar-refractivity contribution is -0.142. The van der Waals surface area contributed by atoms with Crippen LogP contribution in [-0.2, 0) is 14.3 Å². The van der Waals surface area contributed by atoms with Gasteiger partial charge in [0.25, 0.3) is 0 Å². The molecule has 3 N–H and O–H groups in total. The summed E-state index contributed by atoms with van der Waals surface area (Å²) in [5.41, 5.74) is 0. The summed E-state index contributed by atoms with van der Waals surface area (Å²) < 4.78 is 4.62. The molecule has 0 atom stereocenters. The molecule has 0 heterocycles. The van der Waals surface area contributed by atoms with Crippen molar-refractivity contribution in [3.8, 4) is 0 Å². The zero-order chi connectivity index (χ0) is 9.40. The van der Waals surface area contributed by atoms with E-state index in [1.165, 1.54) is 0 Å². The second-order valence-corrected chi connectivity index (χ2v) is 2.02. The van der Waals surface area contributed by atoms with Gasteiger partial charge in [0.15, 0.2) is 0 Å². The zero-order valence-electron chi connectivity index (χ0n) is 6.45. The van der Waals surface area contributed by atoms with Gasteiger partial charge in [-0.15, -0.1) is 0 Å². The lowest BCUT2D eigenvalue weighted by Gasteiger charge is -2.00. The van der Waals surface area contributed by atoms with E-state index in [4.69, 9.17) is 10.2 Å². The van der Waals surface area contributed by atoms with Crippen LogP contribution in [0.2, 0.25) is 0 Å². The molecule has 6 heteroatoms. The Kier molecular flexibility index (Phi) is 5.94. The van der Waals surface area contributed by atoms with Crippen LogP contribution >= 0.6 is 0 Å². The minimum Gasteiger partial charge on any atom is -0.480 e. The van der Waals surface area contributed by atoms with Crippen LogP contribution in [0.5, 0.6) is 0 Å². The molecule has 6 nitrogen and oxygen atoms in total. The van der Waals surface area contributed by atoms with Gasteiger partial charge < -0.3 is 20.3 Å². The average Bonchev–Trinajstić information content (AvgIpc) is 1.95. The van der Waals surface area contributed by atoms with Crippen molar-refractivity contribution >= 4 is 11.9 Å². The Labute approximate surface area is 69.1 Å². The quantitative estimate of drug-likeness (QED) is 0.421. The Morgan fingerprint density at radius 3 is 2.42 bits per heavy atom. The van der Waals surface area contributed by atoms with Gasteiger partial charge in [0.05, 0.1) is 13.2 Å². The zero-order valence-corrected chi connectivity index (χ0v) is 6.45. The molecule has 0 aliphatic rings. The molecule has 0 rings (SSSR count). The Balaban J connectivity index is 3.01. The van der Waals surface area contributed by atoms with Crippen LogP contribution in [0.3, 0.4) is 0 Å². The SMILES string of the molecule is O=C(O)CNCCOCC(=O)O. The number of ether oxygens (including phenoxy) is 1. The van der Waals surface area contributed by atoms with E-state index in [0.717, 1.165) is 0 Å². The summed E-state index contributed by atoms with van der Waals surface area (Å²) in [5, 5.41) is 18.8. The minimum atomic E-state index is -1.03. The van der Waals surface area contributed by atoms with E-state index in [1.807, 2.05) is 0 Å². The summed E-state index contributed by atoms with van der Waals surface area (Å²) in [4.78, 5) is 19.8. The second-order valence-electron chi connectivity index (χ2n) is 2.02. The van der Waals surface area contributed by atoms with Crippen LogP contribution in [0.15, 0.2) is 0 Å². The van der Waals surface area contributed by atoms with E-state index < -0.39 is 11.9 Å². The highest BCUT2D eigenvalue weighted by Crippen LogP contribution is 1.72. The average molecular weight is 177 g/mol. The van der Waals surface area contributed by atoms with Gasteiger partial charge in [-0.1, -0.05) is 0 Å². The van der Waals surface area contributed by atoms with Gasteiger partial charge >= 0.3 is 11.9 Å². The first-order valence-electron chi connectivity index (χ1n) is 3.35. The maximum Gasteiger partial charge on any atom is 0.329 e. The van der Waals surface area contributed by atoms with Crippen molar-refractivity contribution in [2.75, 3.05) is 26.3 Å². The Morgan fingerprint density at radius 1 is 1.25 bits per heavy atom. The third kappa shape index (κ3) is 8.86. The monoisotopic (exact) mass is 177 g/mol. The van der Waals surface area contributed by atoms with E-state index in [2.05, 4.69) is 10.1 Å². The summed E-state index contributed by atoms with van der Waals surface area (Å²) >= 11 is 0. The van der Waals surface area contributed by atoms with Crippen LogP contribution < -0.4 is 5.32 Å². The van der Waals surface area contributed by atoms with Crippen molar-refractivity contribution in [1.29, 1.82) is 0 Å². The van der Waals surface area contributed by atoms with Crippen LogP contribution in [0.4, 0.5) is 0 Å². The van der Waals surface area contributed by atoms with Crippen LogP contribution in [-0.4, -0.2) is 48.5 Å². The molecule has 0 unspecified atom stereocenters. The highest BCUT2D eigenvalue weighted by atomic mass is 16.5. The highest BCUT2D eigenvalue weighted by Gasteiger charge is 1.96. The minimum absolute atomic E-state index is 0.142. The van der Waals surface area contributed by atoms with E-state index in [-0.39, 0.29) is 19.8 Å². The largest absolute Gasteiger partial charge is 0.480 e. The van der Waals surface area contributed by atoms with Gasteiger partial charge in [-0.2, -0.15) is 0 Å². The second kappa shape index (κ2) is 6.56. The molecule has 0 aromatic rings. The van der Waals surface area contributed by atoms with Crippen molar-refractivity contribution in [2.24, 2.45) is 0 Å². The predicted octanol–water partition coefficient (Wildman–Crippen LogP) is -1.24. The molecule has 0 aromatic heterocycles. The molecule has 0 saturated carbocycles. The van der Waals surface area contributed by atoms with Gasteiger partial charge in [-0.05, 0) is 0 Å². The van der Waals surface area contributed by atoms with Gasteiger partial charge in [-0.25, -0.2) is 4.79 Å². The van der Waals surface area contributed by atoms with Crippen molar-refractivity contribution in [1.82, 2.24) is 5.32 Å². The number of hydrogen-bond acceptors (Lipinski definition) is 4. The number of hydrogen-bond donors (Lipinski definition) is 3. The third-order valence-electron chi connectivity index (χ3n) is 0.925. The van der Waals surface area contributed by atoms with Gasteiger partial charge in [0, 0.05) is 6.54 Å². The van der Waals surface area contributed by atoms with Crippen molar-refractivity contribution in [3.63, 3.8) is 0 Å². The summed E-state index contributed by atoms with van der Waals surface area (Å²) in [6.07, 6.45) is 0. The van der Waals surface area contributed by atoms with E-state index in [1.54, 1.807) is 0 Å². The Morgan fingerprint density at radius 2 is 1.92 bits per heavy atom. The first kappa shape index (κ1) is 10.9. The maximum atomic E-state index is 9.94. The van der Waals surface area contributed by atoms with Crippen LogP contribution in [0, 0.1) is 0 Å². The topological polar surface area (TPSA) is 95.9 Å². The van der Waals surface area contributed by atoms with Gasteiger partial charge in [-0.3, -0.25) is 4.79 Å². The number of carboxylic acids is 2. The predicted molar refractivity (Wildman–Crippen MR) is 39.0 cm³/mol. The molecule has 0 amide bonds. The first-order valence-corrected chi connectivity index (χ1v) is 3.35. The number of rotatable bonds is 7. The molecular formula is C6H11NO5. The van der Waals surface area contributed by atoms with E-state index >= 15 is 0 Å². The molecule has 12 heavy (non-hydrogen) atoms. The Bertz CT molecular complexity index is 140. The Hall–Kier alpha value is -1.14. The van der Waals surface area contributed by atoms with Crippen molar-refractivity contribution in [3.05, 3.63) is 0 Å². The van der Waals surface area contributed by atoms with Crippen molar-refractivity contribution < 1.29 is 24.5 Å². The molecule has 0 aromatic carbocycles. The van der Waals surface area contributed by atoms with E-state index in [9.17, 15) is 9.59 Å². The standard InChI is InChI=1S/C6H11NO5/c8-5(9)3-7-1-2-12-4-6(10)11/h7H,1-4H2,(H,8,9)(H,10,11). The molecule has 0 fully saturated rings. The lowest BCUT2D eigenvalue weighted by atomic mass is 10.6. The summed E-state index contributed by atoms with van der Waals surface area (Å²) in [5.74, 6) is -1.98. The molecular weight excluding hydrogens is 166 g/mol. The summed E-state index contributed by atoms with van der Waals surface area (Å²) in [6.45, 7) is 0.0321. The number of carboxylic acid groups (broad SMARTS) is 2. The molecule has 70 valence electrons. The fourth-order valence-electron chi connectivity index (χ4n) is 0.499. The maximum absolute atomic E-state index is 9.94. The lowest BCUT2D eigenvalue weighted by Crippen LogP contribution is -2.26. The van der Waals surface area contributed by atoms with Crippen LogP contribution in [0.1, 0.15) is 0 Å². The highest BCUT2D eigenvalue weighted by molar-refractivity contribution is 5.69. The normalized spacial score (nSPS) is 9.67. The first-order chi connectivity index (χ1) is 5.63. The molecule has 0 aliphatic heterocycles. The molecule has 0 spiro atoms. The van der Waals surface area contributed by atoms with Gasteiger partial charge in [0.1, 0.15) is 6.61 Å². The molecule has 0 radical (unpaired) electrons. The third-order valence-corrected chi connectivity index (χ3v) is 0.925. The molecule has 0 saturated heterocycles. The fraction of sp³-hybridized carbons (Fsp3) is 0.667. The fourth-order valence-corrected chi connectivity index (χ4v) is 0.499. The number of aliphatic carboxylic acids is 2. The number of nitrogens with one attached hydrogen (secondary N) is 1. The number of carbonyl (C=O) groups is 2. The smallest absolute Gasteiger partial charge is 0.329 e. The van der Waals surface area contributed by atoms with Gasteiger partial charge in [0.2, 0.25) is 0 Å². The molecule has 0 bridgehead atoms. The summed E-state index contributed by atoms with van der Waals surface area (Å²) in [6, 6.07) is 0. The summed E-state index contributed by atoms with van der Waals surface area (Å²) in [7, 11) is 0. The molecule has 0 aliphatic carbocycles. The van der Waals surface area contributed by atoms with Crippen molar-refractivity contribution in [2.45, 2.75) is 0 Å².